The van der Waals surface area contributed by atoms with Crippen molar-refractivity contribution in [1.82, 2.24) is 0 Å². The highest BCUT2D eigenvalue weighted by Gasteiger charge is 2.20. The Morgan fingerprint density at radius 2 is 0.735 bits per heavy atom. The van der Waals surface area contributed by atoms with E-state index in [2.05, 4.69) is 38.1 Å². The first kappa shape index (κ1) is 31.3. The van der Waals surface area contributed by atoms with Crippen molar-refractivity contribution in [3.05, 3.63) is 144 Å². The van der Waals surface area contributed by atoms with Crippen LogP contribution in [0.15, 0.2) is 148 Å². The summed E-state index contributed by atoms with van der Waals surface area (Å²) in [6.45, 7) is 8.26. The van der Waals surface area contributed by atoms with Crippen molar-refractivity contribution in [2.45, 2.75) is 37.5 Å². The molecule has 0 spiro atoms. The lowest BCUT2D eigenvalue weighted by atomic mass is 10.1. The monoisotopic (exact) mass is 702 g/mol. The van der Waals surface area contributed by atoms with Gasteiger partial charge in [-0.2, -0.15) is 0 Å². The standard InChI is InChI=1S/C40H32O6P2S/c1-25-21-27(3)39(45-47-41-33-17-9-5-13-29(33)30-14-6-10-18-34(30)42-47)37(23-25)49-38-24-26(2)22-28(4)40(38)46-48-43-35-19-11-7-15-31(35)32-16-8-12-20-36(32)44-48/h5-24H,1-4H3. The average molecular weight is 703 g/mol. The fourth-order valence-corrected chi connectivity index (χ4v) is 9.72. The second kappa shape index (κ2) is 13.2. The predicted molar refractivity (Wildman–Crippen MR) is 201 cm³/mol. The molecule has 6 aromatic carbocycles. The van der Waals surface area contributed by atoms with Crippen LogP contribution in [0.5, 0.6) is 11.5 Å². The van der Waals surface area contributed by atoms with E-state index < -0.39 is 16.5 Å². The lowest BCUT2D eigenvalue weighted by Gasteiger charge is -2.16. The van der Waals surface area contributed by atoms with Crippen molar-refractivity contribution in [3.8, 4) is 11.5 Å². The lowest BCUT2D eigenvalue weighted by Crippen LogP contribution is -1.93. The molecule has 0 atom stereocenters. The van der Waals surface area contributed by atoms with Gasteiger partial charge < -0.3 is 25.8 Å². The van der Waals surface area contributed by atoms with Crippen molar-refractivity contribution in [3.63, 3.8) is 0 Å². The molecule has 0 bridgehead atoms. The van der Waals surface area contributed by atoms with Crippen molar-refractivity contribution in [1.29, 1.82) is 0 Å². The highest BCUT2D eigenvalue weighted by molar-refractivity contribution is 7.99. The first-order valence-electron chi connectivity index (χ1n) is 15.8. The van der Waals surface area contributed by atoms with E-state index in [0.717, 1.165) is 75.9 Å². The van der Waals surface area contributed by atoms with Crippen LogP contribution < -0.4 is 9.05 Å². The summed E-state index contributed by atoms with van der Waals surface area (Å²) in [4.78, 5) is 1.83. The maximum absolute atomic E-state index is 6.70. The van der Waals surface area contributed by atoms with Crippen LogP contribution in [0.3, 0.4) is 0 Å². The van der Waals surface area contributed by atoms with Crippen LogP contribution in [0.25, 0.3) is 43.9 Å². The van der Waals surface area contributed by atoms with Gasteiger partial charge in [0, 0.05) is 21.5 Å². The smallest absolute Gasteiger partial charge is 0.390 e. The normalized spacial score (nSPS) is 11.3. The number of rotatable bonds is 6. The molecule has 0 aliphatic heterocycles. The van der Waals surface area contributed by atoms with E-state index in [9.17, 15) is 0 Å². The van der Waals surface area contributed by atoms with Gasteiger partial charge in [0.2, 0.25) is 0 Å². The first-order valence-corrected chi connectivity index (χ1v) is 18.9. The zero-order chi connectivity index (χ0) is 33.5. The lowest BCUT2D eigenvalue weighted by molar-refractivity contribution is 0.488. The SMILES string of the molecule is Cc1cc(C)c(Op2oc3ccccc3c3ccccc3o2)c(Sc2cc(C)cc(C)c2Op2oc3ccccc3c3ccccc3o2)c1. The molecule has 0 aliphatic rings. The molecule has 0 saturated carbocycles. The van der Waals surface area contributed by atoms with Crippen LogP contribution in [0, 0.1) is 27.7 Å². The van der Waals surface area contributed by atoms with E-state index in [-0.39, 0.29) is 0 Å². The van der Waals surface area contributed by atoms with Gasteiger partial charge in [-0.25, -0.2) is 0 Å². The number of fused-ring (bicyclic) bond motifs is 6. The van der Waals surface area contributed by atoms with Gasteiger partial charge in [0.05, 0.1) is 9.79 Å². The van der Waals surface area contributed by atoms with Crippen LogP contribution in [0.1, 0.15) is 22.3 Å². The largest absolute Gasteiger partial charge is 0.453 e. The fraction of sp³-hybridized carbons (Fsp3) is 0.100. The maximum Gasteiger partial charge on any atom is 0.453 e. The van der Waals surface area contributed by atoms with Crippen molar-refractivity contribution < 1.29 is 25.8 Å². The summed E-state index contributed by atoms with van der Waals surface area (Å²) < 4.78 is 39.1. The average Bonchev–Trinajstić information content (AvgIpc) is 3.35. The molecule has 9 heteroatoms. The van der Waals surface area contributed by atoms with E-state index in [1.54, 1.807) is 11.8 Å². The Hall–Kier alpha value is -4.93. The highest BCUT2D eigenvalue weighted by atomic mass is 32.2. The van der Waals surface area contributed by atoms with Gasteiger partial charge >= 0.3 is 16.5 Å². The Bertz CT molecular complexity index is 2310. The molecule has 0 amide bonds. The number of hydrogen-bond donors (Lipinski definition) is 0. The highest BCUT2D eigenvalue weighted by Crippen LogP contribution is 2.49. The molecule has 8 aromatic rings. The number of aryl methyl sites for hydroxylation is 4. The Balaban J connectivity index is 1.24. The van der Waals surface area contributed by atoms with Gasteiger partial charge in [0.1, 0.15) is 22.3 Å². The Kier molecular flexibility index (Phi) is 8.43. The molecule has 2 aromatic heterocycles. The minimum absolute atomic E-state index is 0.694. The Morgan fingerprint density at radius 1 is 0.429 bits per heavy atom. The second-order valence-corrected chi connectivity index (χ2v) is 15.0. The van der Waals surface area contributed by atoms with E-state index >= 15 is 0 Å². The maximum atomic E-state index is 6.70. The van der Waals surface area contributed by atoms with E-state index in [0.29, 0.717) is 11.5 Å². The third-order valence-electron chi connectivity index (χ3n) is 8.14. The van der Waals surface area contributed by atoms with Crippen molar-refractivity contribution >= 4 is 72.1 Å². The van der Waals surface area contributed by atoms with Crippen LogP contribution in [0.2, 0.25) is 0 Å². The molecule has 6 nitrogen and oxygen atoms in total. The third-order valence-corrected chi connectivity index (χ3v) is 11.2. The van der Waals surface area contributed by atoms with Crippen LogP contribution >= 0.6 is 28.2 Å². The minimum Gasteiger partial charge on any atom is -0.390 e. The molecule has 0 unspecified atom stereocenters. The topological polar surface area (TPSA) is 71.0 Å². The summed E-state index contributed by atoms with van der Waals surface area (Å²) in [6, 6.07) is 40.3. The Morgan fingerprint density at radius 3 is 1.06 bits per heavy atom. The molecule has 244 valence electrons. The molecular formula is C40H32O6P2S. The van der Waals surface area contributed by atoms with Gasteiger partial charge in [-0.3, -0.25) is 0 Å². The van der Waals surface area contributed by atoms with Gasteiger partial charge in [0.15, 0.2) is 11.5 Å². The number of para-hydroxylation sites is 4. The number of benzene rings is 6. The summed E-state index contributed by atoms with van der Waals surface area (Å²) in [5.74, 6) is 1.39. The summed E-state index contributed by atoms with van der Waals surface area (Å²) in [5.41, 5.74) is 7.04. The van der Waals surface area contributed by atoms with Crippen LogP contribution in [-0.4, -0.2) is 0 Å². The summed E-state index contributed by atoms with van der Waals surface area (Å²) in [5, 5.41) is 3.87. The third kappa shape index (κ3) is 6.34. The van der Waals surface area contributed by atoms with Gasteiger partial charge in [-0.05, 0) is 86.3 Å². The summed E-state index contributed by atoms with van der Waals surface area (Å²) in [7, 11) is -3.66. The number of hydrogen-bond acceptors (Lipinski definition) is 7. The molecule has 2 heterocycles. The summed E-state index contributed by atoms with van der Waals surface area (Å²) in [6.07, 6.45) is 0. The Labute approximate surface area is 289 Å². The second-order valence-electron chi connectivity index (χ2n) is 11.9. The van der Waals surface area contributed by atoms with Gasteiger partial charge in [-0.1, -0.05) is 96.7 Å². The minimum atomic E-state index is -1.83. The van der Waals surface area contributed by atoms with Crippen LogP contribution in [-0.2, 0) is 0 Å². The van der Waals surface area contributed by atoms with Gasteiger partial charge in [-0.15, -0.1) is 0 Å². The molecule has 0 aliphatic carbocycles. The molecule has 49 heavy (non-hydrogen) atoms. The molecule has 0 saturated heterocycles. The molecule has 0 N–H and O–H groups in total. The molecular weight excluding hydrogens is 670 g/mol. The van der Waals surface area contributed by atoms with E-state index in [1.165, 1.54) is 0 Å². The van der Waals surface area contributed by atoms with E-state index in [1.807, 2.05) is 111 Å². The molecule has 8 rings (SSSR count). The zero-order valence-corrected chi connectivity index (χ0v) is 29.9. The molecule has 0 radical (unpaired) electrons. The first-order chi connectivity index (χ1) is 23.9. The van der Waals surface area contributed by atoms with Crippen molar-refractivity contribution in [2.75, 3.05) is 0 Å². The fourth-order valence-electron chi connectivity index (χ4n) is 5.99. The van der Waals surface area contributed by atoms with Crippen molar-refractivity contribution in [2.24, 2.45) is 0 Å². The van der Waals surface area contributed by atoms with E-state index in [4.69, 9.17) is 25.8 Å². The summed E-state index contributed by atoms with van der Waals surface area (Å²) >= 11 is 1.58. The quantitative estimate of drug-likeness (QED) is 0.171. The molecule has 0 fully saturated rings. The zero-order valence-electron chi connectivity index (χ0n) is 27.3. The predicted octanol–water partition coefficient (Wildman–Crippen LogP) is 14.0. The van der Waals surface area contributed by atoms with Crippen LogP contribution in [0.4, 0.5) is 0 Å². The van der Waals surface area contributed by atoms with Gasteiger partial charge in [0.25, 0.3) is 0 Å².